The van der Waals surface area contributed by atoms with Crippen LogP contribution in [0.25, 0.3) is 6.08 Å². The van der Waals surface area contributed by atoms with Crippen LogP contribution < -0.4 is 0 Å². The molecule has 1 aromatic carbocycles. The standard InChI is InChI=1S/C12H9NO2/c13-7-8-1-2-10-6-11(12(14)15)4-3-9(10)5-8/h1-2,5-6H,3-4H2,(H,14,15). The molecule has 0 bridgehead atoms. The number of nitriles is 1. The summed E-state index contributed by atoms with van der Waals surface area (Å²) < 4.78 is 0. The van der Waals surface area contributed by atoms with E-state index in [2.05, 4.69) is 6.07 Å². The lowest BCUT2D eigenvalue weighted by Gasteiger charge is -2.13. The summed E-state index contributed by atoms with van der Waals surface area (Å²) in [6.07, 6.45) is 2.92. The van der Waals surface area contributed by atoms with Gasteiger partial charge < -0.3 is 5.11 Å². The number of carbonyl (C=O) groups is 1. The molecule has 1 aliphatic carbocycles. The Morgan fingerprint density at radius 2 is 2.20 bits per heavy atom. The molecule has 3 heteroatoms. The molecule has 0 fully saturated rings. The fourth-order valence-corrected chi connectivity index (χ4v) is 1.73. The van der Waals surface area contributed by atoms with Gasteiger partial charge >= 0.3 is 5.97 Å². The molecule has 0 radical (unpaired) electrons. The van der Waals surface area contributed by atoms with Crippen LogP contribution in [0, 0.1) is 11.3 Å². The summed E-state index contributed by atoms with van der Waals surface area (Å²) in [4.78, 5) is 10.8. The molecule has 1 aliphatic rings. The van der Waals surface area contributed by atoms with Gasteiger partial charge in [-0.1, -0.05) is 6.07 Å². The Hall–Kier alpha value is -2.08. The molecule has 1 aromatic rings. The number of aliphatic carboxylic acids is 1. The molecule has 0 spiro atoms. The Balaban J connectivity index is 2.45. The zero-order valence-electron chi connectivity index (χ0n) is 8.03. The van der Waals surface area contributed by atoms with Crippen molar-refractivity contribution in [2.45, 2.75) is 12.8 Å². The minimum atomic E-state index is -0.856. The maximum absolute atomic E-state index is 10.8. The summed E-state index contributed by atoms with van der Waals surface area (Å²) >= 11 is 0. The van der Waals surface area contributed by atoms with Gasteiger partial charge in [-0.05, 0) is 42.2 Å². The van der Waals surface area contributed by atoms with Crippen LogP contribution in [0.4, 0.5) is 0 Å². The van der Waals surface area contributed by atoms with Crippen molar-refractivity contribution in [1.82, 2.24) is 0 Å². The molecule has 0 saturated carbocycles. The van der Waals surface area contributed by atoms with Crippen LogP contribution >= 0.6 is 0 Å². The lowest BCUT2D eigenvalue weighted by atomic mass is 9.91. The Labute approximate surface area is 87.3 Å². The average molecular weight is 199 g/mol. The number of benzene rings is 1. The van der Waals surface area contributed by atoms with Crippen molar-refractivity contribution in [2.24, 2.45) is 0 Å². The Morgan fingerprint density at radius 3 is 2.87 bits per heavy atom. The molecule has 0 amide bonds. The molecule has 0 atom stereocenters. The Morgan fingerprint density at radius 1 is 1.40 bits per heavy atom. The first kappa shape index (κ1) is 9.47. The van der Waals surface area contributed by atoms with E-state index in [0.717, 1.165) is 11.1 Å². The van der Waals surface area contributed by atoms with Crippen molar-refractivity contribution in [1.29, 1.82) is 5.26 Å². The van der Waals surface area contributed by atoms with Gasteiger partial charge in [0.2, 0.25) is 0 Å². The Kier molecular flexibility index (Phi) is 2.26. The number of carboxylic acid groups (broad SMARTS) is 1. The van der Waals surface area contributed by atoms with Gasteiger partial charge in [-0.2, -0.15) is 5.26 Å². The fourth-order valence-electron chi connectivity index (χ4n) is 1.73. The third kappa shape index (κ3) is 1.75. The molecule has 0 unspecified atom stereocenters. The summed E-state index contributed by atoms with van der Waals surface area (Å²) in [5.74, 6) is -0.856. The highest BCUT2D eigenvalue weighted by molar-refractivity contribution is 5.93. The molecule has 1 N–H and O–H groups in total. The van der Waals surface area contributed by atoms with Crippen LogP contribution in [0.1, 0.15) is 23.1 Å². The molecule has 0 saturated heterocycles. The minimum absolute atomic E-state index is 0.437. The van der Waals surface area contributed by atoms with Gasteiger partial charge in [-0.15, -0.1) is 0 Å². The molecule has 0 heterocycles. The second-order valence-corrected chi connectivity index (χ2v) is 3.50. The van der Waals surface area contributed by atoms with Crippen LogP contribution in [0.15, 0.2) is 23.8 Å². The van der Waals surface area contributed by atoms with Gasteiger partial charge in [0.25, 0.3) is 0 Å². The van der Waals surface area contributed by atoms with Crippen molar-refractivity contribution >= 4 is 12.0 Å². The van der Waals surface area contributed by atoms with E-state index in [1.807, 2.05) is 6.07 Å². The summed E-state index contributed by atoms with van der Waals surface area (Å²) in [5, 5.41) is 17.6. The largest absolute Gasteiger partial charge is 0.478 e. The minimum Gasteiger partial charge on any atom is -0.478 e. The highest BCUT2D eigenvalue weighted by atomic mass is 16.4. The lowest BCUT2D eigenvalue weighted by molar-refractivity contribution is -0.132. The van der Waals surface area contributed by atoms with Crippen LogP contribution in [-0.2, 0) is 11.2 Å². The zero-order valence-corrected chi connectivity index (χ0v) is 8.03. The van der Waals surface area contributed by atoms with Gasteiger partial charge in [0.15, 0.2) is 0 Å². The lowest BCUT2D eigenvalue weighted by Crippen LogP contribution is -2.07. The predicted molar refractivity (Wildman–Crippen MR) is 55.1 cm³/mol. The first-order valence-electron chi connectivity index (χ1n) is 4.67. The van der Waals surface area contributed by atoms with Crippen molar-refractivity contribution in [2.75, 3.05) is 0 Å². The van der Waals surface area contributed by atoms with E-state index in [1.54, 1.807) is 18.2 Å². The van der Waals surface area contributed by atoms with E-state index in [0.29, 0.717) is 24.0 Å². The summed E-state index contributed by atoms with van der Waals surface area (Å²) in [7, 11) is 0. The summed E-state index contributed by atoms with van der Waals surface area (Å²) in [6.45, 7) is 0. The van der Waals surface area contributed by atoms with E-state index >= 15 is 0 Å². The van der Waals surface area contributed by atoms with Gasteiger partial charge in [0.1, 0.15) is 0 Å². The van der Waals surface area contributed by atoms with Crippen molar-refractivity contribution in [3.8, 4) is 6.07 Å². The topological polar surface area (TPSA) is 61.1 Å². The SMILES string of the molecule is N#Cc1ccc2c(c1)CCC(C(=O)O)=C2. The molecule has 3 nitrogen and oxygen atoms in total. The van der Waals surface area contributed by atoms with Crippen LogP contribution in [0.3, 0.4) is 0 Å². The summed E-state index contributed by atoms with van der Waals surface area (Å²) in [5.41, 5.74) is 3.03. The molecule has 0 aliphatic heterocycles. The first-order chi connectivity index (χ1) is 7.20. The number of hydrogen-bond donors (Lipinski definition) is 1. The third-order valence-electron chi connectivity index (χ3n) is 2.54. The first-order valence-corrected chi connectivity index (χ1v) is 4.67. The molecular formula is C12H9NO2. The highest BCUT2D eigenvalue weighted by Gasteiger charge is 2.15. The predicted octanol–water partition coefficient (Wildman–Crippen LogP) is 1.97. The van der Waals surface area contributed by atoms with E-state index in [4.69, 9.17) is 10.4 Å². The van der Waals surface area contributed by atoms with E-state index in [1.165, 1.54) is 0 Å². The quantitative estimate of drug-likeness (QED) is 0.752. The van der Waals surface area contributed by atoms with E-state index in [9.17, 15) is 4.79 Å². The number of carboxylic acids is 1. The van der Waals surface area contributed by atoms with E-state index < -0.39 is 5.97 Å². The zero-order chi connectivity index (χ0) is 10.8. The number of fused-ring (bicyclic) bond motifs is 1. The molecule has 0 aromatic heterocycles. The number of aryl methyl sites for hydroxylation is 1. The normalized spacial score (nSPS) is 13.7. The summed E-state index contributed by atoms with van der Waals surface area (Å²) in [6, 6.07) is 7.41. The molecular weight excluding hydrogens is 190 g/mol. The molecule has 2 rings (SSSR count). The Bertz CT molecular complexity index is 495. The average Bonchev–Trinajstić information content (AvgIpc) is 2.27. The second kappa shape index (κ2) is 3.58. The van der Waals surface area contributed by atoms with Crippen molar-refractivity contribution in [3.63, 3.8) is 0 Å². The van der Waals surface area contributed by atoms with Crippen LogP contribution in [0.2, 0.25) is 0 Å². The van der Waals surface area contributed by atoms with Crippen molar-refractivity contribution < 1.29 is 9.90 Å². The van der Waals surface area contributed by atoms with E-state index in [-0.39, 0.29) is 0 Å². The number of rotatable bonds is 1. The van der Waals surface area contributed by atoms with Crippen LogP contribution in [-0.4, -0.2) is 11.1 Å². The third-order valence-corrected chi connectivity index (χ3v) is 2.54. The highest BCUT2D eigenvalue weighted by Crippen LogP contribution is 2.24. The van der Waals surface area contributed by atoms with Crippen LogP contribution in [0.5, 0.6) is 0 Å². The number of nitrogens with zero attached hydrogens (tertiary/aromatic N) is 1. The van der Waals surface area contributed by atoms with Gasteiger partial charge in [-0.25, -0.2) is 4.79 Å². The maximum atomic E-state index is 10.8. The fraction of sp³-hybridized carbons (Fsp3) is 0.167. The second-order valence-electron chi connectivity index (χ2n) is 3.50. The van der Waals surface area contributed by atoms with Gasteiger partial charge in [-0.3, -0.25) is 0 Å². The number of hydrogen-bond acceptors (Lipinski definition) is 2. The molecule has 74 valence electrons. The smallest absolute Gasteiger partial charge is 0.331 e. The van der Waals surface area contributed by atoms with Gasteiger partial charge in [0.05, 0.1) is 11.6 Å². The molecule has 15 heavy (non-hydrogen) atoms. The van der Waals surface area contributed by atoms with Crippen molar-refractivity contribution in [3.05, 3.63) is 40.5 Å². The van der Waals surface area contributed by atoms with Gasteiger partial charge in [0, 0.05) is 5.57 Å². The maximum Gasteiger partial charge on any atom is 0.331 e. The monoisotopic (exact) mass is 199 g/mol.